The Kier molecular flexibility index (Phi) is 3.87. The van der Waals surface area contributed by atoms with E-state index in [1.54, 1.807) is 0 Å². The van der Waals surface area contributed by atoms with E-state index in [9.17, 15) is 4.79 Å². The predicted molar refractivity (Wildman–Crippen MR) is 74.7 cm³/mol. The first-order valence-corrected chi connectivity index (χ1v) is 6.91. The maximum Gasteiger partial charge on any atom is 0.152 e. The molecule has 2 nitrogen and oxygen atoms in total. The maximum absolute atomic E-state index is 11.1. The normalized spacial score (nSPS) is 20.0. The van der Waals surface area contributed by atoms with Gasteiger partial charge in [-0.15, -0.1) is 0 Å². The van der Waals surface area contributed by atoms with Crippen molar-refractivity contribution in [3.05, 3.63) is 28.2 Å². The molecule has 0 aromatic heterocycles. The van der Waals surface area contributed by atoms with Crippen molar-refractivity contribution in [2.75, 3.05) is 18.0 Å². The van der Waals surface area contributed by atoms with Gasteiger partial charge in [-0.05, 0) is 46.3 Å². The van der Waals surface area contributed by atoms with E-state index in [2.05, 4.69) is 34.7 Å². The number of aldehydes is 1. The summed E-state index contributed by atoms with van der Waals surface area (Å²) in [5.41, 5.74) is 1.84. The first-order valence-electron chi connectivity index (χ1n) is 6.12. The molecular formula is C14H18BrNO. The van der Waals surface area contributed by atoms with Gasteiger partial charge in [0.15, 0.2) is 6.29 Å². The van der Waals surface area contributed by atoms with Gasteiger partial charge in [0.25, 0.3) is 0 Å². The van der Waals surface area contributed by atoms with Crippen molar-refractivity contribution in [2.24, 2.45) is 11.8 Å². The van der Waals surface area contributed by atoms with Crippen molar-refractivity contribution in [1.82, 2.24) is 0 Å². The molecule has 3 heteroatoms. The quantitative estimate of drug-likeness (QED) is 0.792. The lowest BCUT2D eigenvalue weighted by Gasteiger charge is -2.22. The fourth-order valence-corrected chi connectivity index (χ4v) is 3.13. The summed E-state index contributed by atoms with van der Waals surface area (Å²) in [7, 11) is 0. The molecule has 1 aromatic carbocycles. The van der Waals surface area contributed by atoms with Crippen LogP contribution in [0.2, 0.25) is 0 Å². The molecule has 1 aliphatic rings. The van der Waals surface area contributed by atoms with Gasteiger partial charge in [0.2, 0.25) is 0 Å². The van der Waals surface area contributed by atoms with Crippen LogP contribution in [0.25, 0.3) is 0 Å². The summed E-state index contributed by atoms with van der Waals surface area (Å²) in [6, 6.07) is 5.80. The van der Waals surface area contributed by atoms with E-state index in [0.29, 0.717) is 5.92 Å². The van der Waals surface area contributed by atoms with Gasteiger partial charge < -0.3 is 4.90 Å². The van der Waals surface area contributed by atoms with E-state index in [0.717, 1.165) is 41.0 Å². The fourth-order valence-electron chi connectivity index (χ4n) is 2.50. The van der Waals surface area contributed by atoms with Crippen LogP contribution < -0.4 is 4.90 Å². The van der Waals surface area contributed by atoms with E-state index in [1.165, 1.54) is 6.42 Å². The van der Waals surface area contributed by atoms with Crippen LogP contribution in [0.4, 0.5) is 5.69 Å². The molecule has 0 bridgehead atoms. The number of hydrogen-bond acceptors (Lipinski definition) is 2. The van der Waals surface area contributed by atoms with Crippen LogP contribution in [0.5, 0.6) is 0 Å². The number of carbonyl (C=O) groups is 1. The number of anilines is 1. The Hall–Kier alpha value is -0.830. The van der Waals surface area contributed by atoms with Crippen LogP contribution in [-0.4, -0.2) is 19.4 Å². The third-order valence-electron chi connectivity index (χ3n) is 3.63. The maximum atomic E-state index is 11.1. The Morgan fingerprint density at radius 2 is 2.24 bits per heavy atom. The smallest absolute Gasteiger partial charge is 0.152 e. The number of benzene rings is 1. The summed E-state index contributed by atoms with van der Waals surface area (Å²) in [4.78, 5) is 13.4. The first kappa shape index (κ1) is 12.6. The number of para-hydroxylation sites is 1. The van der Waals surface area contributed by atoms with Crippen LogP contribution in [0.3, 0.4) is 0 Å². The molecule has 1 unspecified atom stereocenters. The Bertz CT molecular complexity index is 417. The standard InChI is InChI=1S/C14H18BrNO/c1-10(2)11-6-7-16(8-11)14-12(9-17)4-3-5-13(14)15/h3-5,9-11H,6-8H2,1-2H3. The molecular weight excluding hydrogens is 278 g/mol. The van der Waals surface area contributed by atoms with E-state index in [1.807, 2.05) is 18.2 Å². The van der Waals surface area contributed by atoms with Crippen molar-refractivity contribution in [1.29, 1.82) is 0 Å². The molecule has 0 amide bonds. The van der Waals surface area contributed by atoms with Crippen molar-refractivity contribution in [3.63, 3.8) is 0 Å². The molecule has 0 saturated carbocycles. The van der Waals surface area contributed by atoms with Gasteiger partial charge in [-0.3, -0.25) is 4.79 Å². The highest BCUT2D eigenvalue weighted by Crippen LogP contribution is 2.34. The number of hydrogen-bond donors (Lipinski definition) is 0. The Balaban J connectivity index is 2.27. The minimum absolute atomic E-state index is 0.710. The summed E-state index contributed by atoms with van der Waals surface area (Å²) in [5.74, 6) is 1.45. The van der Waals surface area contributed by atoms with Crippen LogP contribution in [0.15, 0.2) is 22.7 Å². The van der Waals surface area contributed by atoms with E-state index in [4.69, 9.17) is 0 Å². The minimum atomic E-state index is 0.710. The van der Waals surface area contributed by atoms with Crippen LogP contribution in [0, 0.1) is 11.8 Å². The van der Waals surface area contributed by atoms with Gasteiger partial charge in [0, 0.05) is 23.1 Å². The lowest BCUT2D eigenvalue weighted by molar-refractivity contribution is 0.112. The topological polar surface area (TPSA) is 20.3 Å². The SMILES string of the molecule is CC(C)C1CCN(c2c(Br)cccc2C=O)C1. The molecule has 17 heavy (non-hydrogen) atoms. The first-order chi connectivity index (χ1) is 8.13. The van der Waals surface area contributed by atoms with Gasteiger partial charge >= 0.3 is 0 Å². The molecule has 1 atom stereocenters. The Morgan fingerprint density at radius 1 is 1.47 bits per heavy atom. The Morgan fingerprint density at radius 3 is 2.82 bits per heavy atom. The number of nitrogens with zero attached hydrogens (tertiary/aromatic N) is 1. The third-order valence-corrected chi connectivity index (χ3v) is 4.27. The summed E-state index contributed by atoms with van der Waals surface area (Å²) < 4.78 is 1.02. The van der Waals surface area contributed by atoms with Crippen molar-refractivity contribution in [3.8, 4) is 0 Å². The highest BCUT2D eigenvalue weighted by atomic mass is 79.9. The van der Waals surface area contributed by atoms with E-state index >= 15 is 0 Å². The third kappa shape index (κ3) is 2.54. The molecule has 0 spiro atoms. The largest absolute Gasteiger partial charge is 0.370 e. The summed E-state index contributed by atoms with van der Waals surface area (Å²) >= 11 is 3.55. The van der Waals surface area contributed by atoms with Gasteiger partial charge in [-0.2, -0.15) is 0 Å². The molecule has 1 aromatic rings. The predicted octanol–water partition coefficient (Wildman–Crippen LogP) is 3.74. The second-order valence-electron chi connectivity index (χ2n) is 5.03. The highest BCUT2D eigenvalue weighted by molar-refractivity contribution is 9.10. The monoisotopic (exact) mass is 295 g/mol. The van der Waals surface area contributed by atoms with Gasteiger partial charge in [-0.25, -0.2) is 0 Å². The Labute approximate surface area is 111 Å². The zero-order valence-electron chi connectivity index (χ0n) is 10.3. The van der Waals surface area contributed by atoms with Crippen molar-refractivity contribution < 1.29 is 4.79 Å². The second-order valence-corrected chi connectivity index (χ2v) is 5.89. The van der Waals surface area contributed by atoms with Gasteiger partial charge in [0.1, 0.15) is 0 Å². The molecule has 2 rings (SSSR count). The van der Waals surface area contributed by atoms with Crippen molar-refractivity contribution in [2.45, 2.75) is 20.3 Å². The van der Waals surface area contributed by atoms with Crippen LogP contribution in [0.1, 0.15) is 30.6 Å². The lowest BCUT2D eigenvalue weighted by atomic mass is 9.95. The molecule has 0 radical (unpaired) electrons. The van der Waals surface area contributed by atoms with Crippen molar-refractivity contribution >= 4 is 27.9 Å². The molecule has 1 saturated heterocycles. The lowest BCUT2D eigenvalue weighted by Crippen LogP contribution is -2.22. The number of carbonyl (C=O) groups excluding carboxylic acids is 1. The molecule has 0 aliphatic carbocycles. The molecule has 1 heterocycles. The zero-order valence-corrected chi connectivity index (χ0v) is 11.9. The summed E-state index contributed by atoms with van der Waals surface area (Å²) in [6.07, 6.45) is 2.17. The molecule has 0 N–H and O–H groups in total. The van der Waals surface area contributed by atoms with Crippen LogP contribution >= 0.6 is 15.9 Å². The number of halogens is 1. The average Bonchev–Trinajstić information content (AvgIpc) is 2.77. The summed E-state index contributed by atoms with van der Waals surface area (Å²) in [6.45, 7) is 6.65. The molecule has 1 fully saturated rings. The van der Waals surface area contributed by atoms with E-state index in [-0.39, 0.29) is 0 Å². The minimum Gasteiger partial charge on any atom is -0.370 e. The molecule has 92 valence electrons. The van der Waals surface area contributed by atoms with Crippen LogP contribution in [-0.2, 0) is 0 Å². The number of rotatable bonds is 3. The van der Waals surface area contributed by atoms with E-state index < -0.39 is 0 Å². The van der Waals surface area contributed by atoms with Gasteiger partial charge in [0.05, 0.1) is 5.69 Å². The second kappa shape index (κ2) is 5.21. The average molecular weight is 296 g/mol. The fraction of sp³-hybridized carbons (Fsp3) is 0.500. The highest BCUT2D eigenvalue weighted by Gasteiger charge is 2.27. The zero-order chi connectivity index (χ0) is 12.4. The van der Waals surface area contributed by atoms with Gasteiger partial charge in [-0.1, -0.05) is 19.9 Å². The summed E-state index contributed by atoms with van der Waals surface area (Å²) in [5, 5.41) is 0. The molecule has 1 aliphatic heterocycles.